The first-order chi connectivity index (χ1) is 15.6. The molecule has 0 bridgehead atoms. The van der Waals surface area contributed by atoms with Crippen LogP contribution < -0.4 is 4.90 Å². The monoisotopic (exact) mass is 460 g/mol. The summed E-state index contributed by atoms with van der Waals surface area (Å²) in [5.74, 6) is -2.76. The van der Waals surface area contributed by atoms with Gasteiger partial charge in [0.15, 0.2) is 0 Å². The first-order valence-corrected chi connectivity index (χ1v) is 10.5. The molecule has 0 atom stereocenters. The van der Waals surface area contributed by atoms with E-state index in [1.807, 2.05) is 13.3 Å². The van der Waals surface area contributed by atoms with E-state index in [9.17, 15) is 13.2 Å². The number of carboxylic acid groups (broad SMARTS) is 1. The molecular weight excluding hydrogens is 433 g/mol. The molecule has 176 valence electrons. The van der Waals surface area contributed by atoms with Crippen LogP contribution in [0.25, 0.3) is 5.69 Å². The fourth-order valence-electron chi connectivity index (χ4n) is 3.66. The molecule has 0 unspecified atom stereocenters. The molecule has 1 N–H and O–H groups in total. The van der Waals surface area contributed by atoms with Crippen molar-refractivity contribution in [1.29, 1.82) is 0 Å². The Morgan fingerprint density at radius 1 is 1.06 bits per heavy atom. The third-order valence-electron chi connectivity index (χ3n) is 5.66. The fourth-order valence-corrected chi connectivity index (χ4v) is 3.66. The van der Waals surface area contributed by atoms with Crippen LogP contribution >= 0.6 is 0 Å². The number of carboxylic acids is 1. The summed E-state index contributed by atoms with van der Waals surface area (Å²) in [6.45, 7) is 8.28. The zero-order chi connectivity index (χ0) is 24.2. The average molecular weight is 461 g/mol. The van der Waals surface area contributed by atoms with Gasteiger partial charge in [-0.25, -0.2) is 9.78 Å². The molecule has 2 aromatic carbocycles. The topological polar surface area (TPSA) is 61.6 Å². The van der Waals surface area contributed by atoms with Crippen molar-refractivity contribution in [1.82, 2.24) is 14.5 Å². The van der Waals surface area contributed by atoms with E-state index in [0.717, 1.165) is 31.9 Å². The Labute approximate surface area is 190 Å². The summed E-state index contributed by atoms with van der Waals surface area (Å²) in [7, 11) is 2.19. The maximum Gasteiger partial charge on any atom is 0.490 e. The molecule has 0 saturated heterocycles. The van der Waals surface area contributed by atoms with Crippen LogP contribution in [-0.4, -0.2) is 51.8 Å². The van der Waals surface area contributed by atoms with Gasteiger partial charge >= 0.3 is 12.1 Å². The molecule has 0 fully saturated rings. The third-order valence-corrected chi connectivity index (χ3v) is 5.66. The predicted octanol–water partition coefficient (Wildman–Crippen LogP) is 4.57. The molecular formula is C24H27F3N4O2. The predicted molar refractivity (Wildman–Crippen MR) is 121 cm³/mol. The number of imidazole rings is 1. The Bertz CT molecular complexity index is 1090. The van der Waals surface area contributed by atoms with Crippen molar-refractivity contribution in [3.05, 3.63) is 77.4 Å². The second kappa shape index (κ2) is 10.1. The lowest BCUT2D eigenvalue weighted by Gasteiger charge is -2.21. The smallest absolute Gasteiger partial charge is 0.475 e. The van der Waals surface area contributed by atoms with E-state index < -0.39 is 12.1 Å². The number of aliphatic carboxylic acids is 1. The Kier molecular flexibility index (Phi) is 7.43. The minimum absolute atomic E-state index is 0.977. The fraction of sp³-hybridized carbons (Fsp3) is 0.333. The standard InChI is InChI=1S/C22H26N4.C2HF3O2/c1-17-18(2)26(16-23-17)21-10-8-19(9-11-21)14-25-13-12-24(3)22-7-5-4-6-20(22)15-25;3-2(4,5)1(6)7/h4-11,16H,12-15H2,1-3H3;(H,6,7). The van der Waals surface area contributed by atoms with Crippen molar-refractivity contribution in [2.24, 2.45) is 0 Å². The van der Waals surface area contributed by atoms with E-state index in [-0.39, 0.29) is 0 Å². The van der Waals surface area contributed by atoms with E-state index in [1.54, 1.807) is 0 Å². The number of benzene rings is 2. The molecule has 0 amide bonds. The van der Waals surface area contributed by atoms with Crippen molar-refractivity contribution in [3.8, 4) is 5.69 Å². The van der Waals surface area contributed by atoms with Gasteiger partial charge in [0.25, 0.3) is 0 Å². The Hall–Kier alpha value is -3.33. The Morgan fingerprint density at radius 3 is 2.27 bits per heavy atom. The highest BCUT2D eigenvalue weighted by Gasteiger charge is 2.38. The molecule has 3 aromatic rings. The second-order valence-corrected chi connectivity index (χ2v) is 8.02. The van der Waals surface area contributed by atoms with E-state index in [1.165, 1.54) is 28.2 Å². The van der Waals surface area contributed by atoms with E-state index >= 15 is 0 Å². The van der Waals surface area contributed by atoms with Crippen molar-refractivity contribution < 1.29 is 23.1 Å². The Balaban J connectivity index is 0.000000383. The molecule has 9 heteroatoms. The zero-order valence-corrected chi connectivity index (χ0v) is 18.8. The van der Waals surface area contributed by atoms with Crippen LogP contribution in [0.3, 0.4) is 0 Å². The summed E-state index contributed by atoms with van der Waals surface area (Å²) in [5.41, 5.74) is 7.58. The SMILES string of the molecule is Cc1ncn(-c2ccc(CN3CCN(C)c4ccccc4C3)cc2)c1C.O=C(O)C(F)(F)F. The summed E-state index contributed by atoms with van der Waals surface area (Å²) in [6, 6.07) is 17.6. The largest absolute Gasteiger partial charge is 0.490 e. The molecule has 1 aromatic heterocycles. The number of aromatic nitrogens is 2. The minimum Gasteiger partial charge on any atom is -0.475 e. The lowest BCUT2D eigenvalue weighted by Crippen LogP contribution is -2.28. The zero-order valence-electron chi connectivity index (χ0n) is 18.8. The quantitative estimate of drug-likeness (QED) is 0.620. The summed E-state index contributed by atoms with van der Waals surface area (Å²) in [6.07, 6.45) is -3.18. The number of anilines is 1. The lowest BCUT2D eigenvalue weighted by atomic mass is 10.1. The van der Waals surface area contributed by atoms with Gasteiger partial charge in [-0.15, -0.1) is 0 Å². The molecule has 0 spiro atoms. The summed E-state index contributed by atoms with van der Waals surface area (Å²) in [4.78, 5) is 18.2. The summed E-state index contributed by atoms with van der Waals surface area (Å²) in [5, 5.41) is 7.12. The Morgan fingerprint density at radius 2 is 1.70 bits per heavy atom. The molecule has 0 saturated carbocycles. The van der Waals surface area contributed by atoms with Crippen molar-refractivity contribution >= 4 is 11.7 Å². The number of aryl methyl sites for hydroxylation is 1. The minimum atomic E-state index is -5.08. The second-order valence-electron chi connectivity index (χ2n) is 8.02. The van der Waals surface area contributed by atoms with Crippen LogP contribution in [0.5, 0.6) is 0 Å². The van der Waals surface area contributed by atoms with Gasteiger partial charge in [-0.05, 0) is 43.2 Å². The van der Waals surface area contributed by atoms with Gasteiger partial charge in [0.05, 0.1) is 12.0 Å². The maximum absolute atomic E-state index is 10.6. The van der Waals surface area contributed by atoms with E-state index in [2.05, 4.69) is 81.9 Å². The van der Waals surface area contributed by atoms with Crippen LogP contribution in [0.1, 0.15) is 22.5 Å². The van der Waals surface area contributed by atoms with Crippen molar-refractivity contribution in [2.45, 2.75) is 33.1 Å². The normalized spacial score (nSPS) is 14.2. The number of halogens is 3. The number of likely N-dealkylation sites (N-methyl/N-ethyl adjacent to an activating group) is 1. The van der Waals surface area contributed by atoms with Crippen molar-refractivity contribution in [3.63, 3.8) is 0 Å². The number of fused-ring (bicyclic) bond motifs is 1. The van der Waals surface area contributed by atoms with Gasteiger partial charge in [-0.3, -0.25) is 4.90 Å². The maximum atomic E-state index is 10.6. The first-order valence-electron chi connectivity index (χ1n) is 10.5. The first kappa shape index (κ1) is 24.3. The molecule has 0 radical (unpaired) electrons. The number of hydrogen-bond donors (Lipinski definition) is 1. The lowest BCUT2D eigenvalue weighted by molar-refractivity contribution is -0.192. The van der Waals surface area contributed by atoms with Crippen LogP contribution in [0.2, 0.25) is 0 Å². The molecule has 0 aliphatic carbocycles. The molecule has 1 aliphatic rings. The molecule has 6 nitrogen and oxygen atoms in total. The van der Waals surface area contributed by atoms with Crippen LogP contribution in [0, 0.1) is 13.8 Å². The molecule has 4 rings (SSSR count). The van der Waals surface area contributed by atoms with Gasteiger partial charge in [-0.1, -0.05) is 30.3 Å². The highest BCUT2D eigenvalue weighted by atomic mass is 19.4. The van der Waals surface area contributed by atoms with Gasteiger partial charge in [0.2, 0.25) is 0 Å². The highest BCUT2D eigenvalue weighted by Crippen LogP contribution is 2.25. The van der Waals surface area contributed by atoms with Crippen molar-refractivity contribution in [2.75, 3.05) is 25.0 Å². The molecule has 33 heavy (non-hydrogen) atoms. The number of nitrogens with zero attached hydrogens (tertiary/aromatic N) is 4. The van der Waals surface area contributed by atoms with E-state index in [4.69, 9.17) is 9.90 Å². The number of hydrogen-bond acceptors (Lipinski definition) is 4. The van der Waals surface area contributed by atoms with E-state index in [0.29, 0.717) is 0 Å². The van der Waals surface area contributed by atoms with Crippen LogP contribution in [0.15, 0.2) is 54.9 Å². The van der Waals surface area contributed by atoms with Gasteiger partial charge < -0.3 is 14.6 Å². The van der Waals surface area contributed by atoms with Gasteiger partial charge in [-0.2, -0.15) is 13.2 Å². The van der Waals surface area contributed by atoms with Crippen LogP contribution in [0.4, 0.5) is 18.9 Å². The average Bonchev–Trinajstić information content (AvgIpc) is 3.01. The number of alkyl halides is 3. The summed E-state index contributed by atoms with van der Waals surface area (Å²) < 4.78 is 33.9. The summed E-state index contributed by atoms with van der Waals surface area (Å²) >= 11 is 0. The number of para-hydroxylation sites is 1. The van der Waals surface area contributed by atoms with Gasteiger partial charge in [0, 0.05) is 50.3 Å². The number of rotatable bonds is 3. The highest BCUT2D eigenvalue weighted by molar-refractivity contribution is 5.73. The van der Waals surface area contributed by atoms with Gasteiger partial charge in [0.1, 0.15) is 0 Å². The number of carbonyl (C=O) groups is 1. The third kappa shape index (κ3) is 6.13. The molecule has 1 aliphatic heterocycles. The molecule has 2 heterocycles. The van der Waals surface area contributed by atoms with Crippen LogP contribution in [-0.2, 0) is 17.9 Å².